The summed E-state index contributed by atoms with van der Waals surface area (Å²) in [5.41, 5.74) is 1.63. The monoisotopic (exact) mass is 278 g/mol. The van der Waals surface area contributed by atoms with Crippen LogP contribution in [0.5, 0.6) is 5.88 Å². The van der Waals surface area contributed by atoms with Crippen LogP contribution in [0.1, 0.15) is 22.9 Å². The van der Waals surface area contributed by atoms with Crippen LogP contribution in [0.4, 0.5) is 0 Å². The van der Waals surface area contributed by atoms with E-state index in [-0.39, 0.29) is 17.4 Å². The maximum absolute atomic E-state index is 11.6. The molecule has 0 saturated heterocycles. The zero-order valence-corrected chi connectivity index (χ0v) is 11.2. The third-order valence-electron chi connectivity index (χ3n) is 3.29. The molecule has 21 heavy (non-hydrogen) atoms. The third-order valence-corrected chi connectivity index (χ3v) is 3.29. The summed E-state index contributed by atoms with van der Waals surface area (Å²) in [6, 6.07) is 20.6. The van der Waals surface area contributed by atoms with Crippen LogP contribution in [-0.2, 0) is 0 Å². The van der Waals surface area contributed by atoms with Gasteiger partial charge >= 0.3 is 0 Å². The van der Waals surface area contributed by atoms with E-state index in [4.69, 9.17) is 0 Å². The Morgan fingerprint density at radius 2 is 1.43 bits per heavy atom. The number of H-pyrrole nitrogens is 1. The highest BCUT2D eigenvalue weighted by Crippen LogP contribution is 2.29. The molecule has 0 aliphatic heterocycles. The Hall–Kier alpha value is -2.88. The van der Waals surface area contributed by atoms with Crippen LogP contribution in [0.2, 0.25) is 0 Å². The highest BCUT2D eigenvalue weighted by Gasteiger charge is 2.19. The van der Waals surface area contributed by atoms with Gasteiger partial charge in [0, 0.05) is 0 Å². The summed E-state index contributed by atoms with van der Waals surface area (Å²) in [5.74, 6) is -0.0739. The van der Waals surface area contributed by atoms with Crippen LogP contribution in [-0.4, -0.2) is 15.1 Å². The topological polar surface area (TPSA) is 66.0 Å². The minimum absolute atomic E-state index is 0.229. The first kappa shape index (κ1) is 13.1. The minimum atomic E-state index is -0.366. The molecule has 1 aromatic heterocycles. The van der Waals surface area contributed by atoms with E-state index in [1.807, 2.05) is 60.7 Å². The van der Waals surface area contributed by atoms with Gasteiger partial charge in [-0.1, -0.05) is 60.7 Å². The SMILES string of the molecule is O=c1cc(O)nc(C(c2ccccc2)c2ccccc2)[nH]1. The summed E-state index contributed by atoms with van der Waals surface area (Å²) in [6.45, 7) is 0. The molecule has 0 spiro atoms. The third kappa shape index (κ3) is 2.84. The Balaban J connectivity index is 2.19. The molecule has 0 amide bonds. The van der Waals surface area contributed by atoms with Crippen LogP contribution in [0.3, 0.4) is 0 Å². The molecular weight excluding hydrogens is 264 g/mol. The van der Waals surface area contributed by atoms with Crippen molar-refractivity contribution in [3.63, 3.8) is 0 Å². The normalized spacial score (nSPS) is 10.7. The van der Waals surface area contributed by atoms with Crippen LogP contribution in [0, 0.1) is 0 Å². The highest BCUT2D eigenvalue weighted by atomic mass is 16.3. The van der Waals surface area contributed by atoms with Gasteiger partial charge in [0.2, 0.25) is 5.88 Å². The van der Waals surface area contributed by atoms with E-state index in [2.05, 4.69) is 9.97 Å². The van der Waals surface area contributed by atoms with Crippen molar-refractivity contribution < 1.29 is 5.11 Å². The average molecular weight is 278 g/mol. The van der Waals surface area contributed by atoms with E-state index in [9.17, 15) is 9.90 Å². The molecule has 0 radical (unpaired) electrons. The molecule has 2 aromatic carbocycles. The van der Waals surface area contributed by atoms with Gasteiger partial charge < -0.3 is 10.1 Å². The molecule has 104 valence electrons. The van der Waals surface area contributed by atoms with Gasteiger partial charge in [0.15, 0.2) is 0 Å². The summed E-state index contributed by atoms with van der Waals surface area (Å²) in [7, 11) is 0. The summed E-state index contributed by atoms with van der Waals surface area (Å²) < 4.78 is 0. The number of nitrogens with one attached hydrogen (secondary N) is 1. The number of nitrogens with zero attached hydrogens (tertiary/aromatic N) is 1. The van der Waals surface area contributed by atoms with Crippen LogP contribution in [0.25, 0.3) is 0 Å². The van der Waals surface area contributed by atoms with E-state index >= 15 is 0 Å². The largest absolute Gasteiger partial charge is 0.493 e. The highest BCUT2D eigenvalue weighted by molar-refractivity contribution is 5.38. The maximum Gasteiger partial charge on any atom is 0.254 e. The van der Waals surface area contributed by atoms with Gasteiger partial charge in [-0.05, 0) is 11.1 Å². The van der Waals surface area contributed by atoms with E-state index in [0.29, 0.717) is 5.82 Å². The summed E-state index contributed by atoms with van der Waals surface area (Å²) in [5, 5.41) is 9.61. The lowest BCUT2D eigenvalue weighted by molar-refractivity contribution is 0.447. The Morgan fingerprint density at radius 1 is 0.905 bits per heavy atom. The molecule has 0 aliphatic rings. The number of hydrogen-bond donors (Lipinski definition) is 2. The van der Waals surface area contributed by atoms with Crippen LogP contribution in [0.15, 0.2) is 71.5 Å². The van der Waals surface area contributed by atoms with Gasteiger partial charge in [0.1, 0.15) is 5.82 Å². The summed E-state index contributed by atoms with van der Waals surface area (Å²) in [4.78, 5) is 18.4. The zero-order valence-electron chi connectivity index (χ0n) is 11.2. The number of rotatable bonds is 3. The van der Waals surface area contributed by atoms with Gasteiger partial charge in [-0.15, -0.1) is 0 Å². The number of hydrogen-bond acceptors (Lipinski definition) is 3. The van der Waals surface area contributed by atoms with Gasteiger partial charge in [0.25, 0.3) is 5.56 Å². The Morgan fingerprint density at radius 3 is 1.90 bits per heavy atom. The molecule has 3 aromatic rings. The van der Waals surface area contributed by atoms with Crippen molar-refractivity contribution >= 4 is 0 Å². The standard InChI is InChI=1S/C17H14N2O2/c20-14-11-15(21)19-17(18-14)16(12-7-3-1-4-8-12)13-9-5-2-6-10-13/h1-11,16H,(H2,18,19,20,21). The molecule has 0 fully saturated rings. The fraction of sp³-hybridized carbons (Fsp3) is 0.0588. The van der Waals surface area contributed by atoms with Crippen molar-refractivity contribution in [3.05, 3.63) is 94.0 Å². The molecule has 0 atom stereocenters. The summed E-state index contributed by atoms with van der Waals surface area (Å²) in [6.07, 6.45) is 0. The van der Waals surface area contributed by atoms with Gasteiger partial charge in [0.05, 0.1) is 12.0 Å². The first-order chi connectivity index (χ1) is 10.2. The van der Waals surface area contributed by atoms with Gasteiger partial charge in [-0.3, -0.25) is 4.79 Å². The molecule has 0 unspecified atom stereocenters. The van der Waals surface area contributed by atoms with Crippen molar-refractivity contribution in [2.24, 2.45) is 0 Å². The quantitative estimate of drug-likeness (QED) is 0.774. The predicted octanol–water partition coefficient (Wildman–Crippen LogP) is 2.66. The second-order valence-corrected chi connectivity index (χ2v) is 4.74. The Kier molecular flexibility index (Phi) is 3.51. The maximum atomic E-state index is 11.6. The van der Waals surface area contributed by atoms with E-state index in [1.165, 1.54) is 0 Å². The van der Waals surface area contributed by atoms with Gasteiger partial charge in [-0.2, -0.15) is 4.98 Å². The number of aromatic nitrogens is 2. The average Bonchev–Trinajstić information content (AvgIpc) is 2.49. The zero-order chi connectivity index (χ0) is 14.7. The molecule has 4 heteroatoms. The second kappa shape index (κ2) is 5.63. The molecule has 1 heterocycles. The van der Waals surface area contributed by atoms with E-state index in [1.54, 1.807) is 0 Å². The molecule has 2 N–H and O–H groups in total. The fourth-order valence-electron chi connectivity index (χ4n) is 2.40. The molecule has 0 aliphatic carbocycles. The van der Waals surface area contributed by atoms with Crippen molar-refractivity contribution in [1.82, 2.24) is 9.97 Å². The molecule has 3 rings (SSSR count). The van der Waals surface area contributed by atoms with Crippen LogP contribution >= 0.6 is 0 Å². The second-order valence-electron chi connectivity index (χ2n) is 4.74. The Labute approximate surface area is 121 Å². The minimum Gasteiger partial charge on any atom is -0.493 e. The van der Waals surface area contributed by atoms with Crippen molar-refractivity contribution in [1.29, 1.82) is 0 Å². The molecular formula is C17H14N2O2. The number of benzene rings is 2. The van der Waals surface area contributed by atoms with Crippen molar-refractivity contribution in [2.45, 2.75) is 5.92 Å². The number of aromatic amines is 1. The van der Waals surface area contributed by atoms with E-state index < -0.39 is 0 Å². The smallest absolute Gasteiger partial charge is 0.254 e. The first-order valence-electron chi connectivity index (χ1n) is 6.64. The lowest BCUT2D eigenvalue weighted by atomic mass is 9.90. The lowest BCUT2D eigenvalue weighted by Gasteiger charge is -2.17. The first-order valence-corrected chi connectivity index (χ1v) is 6.64. The number of aromatic hydroxyl groups is 1. The van der Waals surface area contributed by atoms with Crippen molar-refractivity contribution in [2.75, 3.05) is 0 Å². The molecule has 0 saturated carbocycles. The molecule has 0 bridgehead atoms. The van der Waals surface area contributed by atoms with E-state index in [0.717, 1.165) is 17.2 Å². The predicted molar refractivity (Wildman–Crippen MR) is 80.4 cm³/mol. The Bertz CT molecular complexity index is 743. The van der Waals surface area contributed by atoms with Gasteiger partial charge in [-0.25, -0.2) is 0 Å². The lowest BCUT2D eigenvalue weighted by Crippen LogP contribution is -2.15. The van der Waals surface area contributed by atoms with Crippen molar-refractivity contribution in [3.8, 4) is 5.88 Å². The van der Waals surface area contributed by atoms with Crippen LogP contribution < -0.4 is 5.56 Å². The fourth-order valence-corrected chi connectivity index (χ4v) is 2.40. The summed E-state index contributed by atoms with van der Waals surface area (Å²) >= 11 is 0. The molecule has 4 nitrogen and oxygen atoms in total.